The zero-order valence-electron chi connectivity index (χ0n) is 28.8. The molecule has 0 radical (unpaired) electrons. The summed E-state index contributed by atoms with van der Waals surface area (Å²) in [4.78, 5) is 0. The van der Waals surface area contributed by atoms with Crippen LogP contribution in [0.5, 0.6) is 23.0 Å². The van der Waals surface area contributed by atoms with Gasteiger partial charge in [0, 0.05) is 11.1 Å². The van der Waals surface area contributed by atoms with Crippen LogP contribution < -0.4 is 14.2 Å². The van der Waals surface area contributed by atoms with Crippen LogP contribution in [0.25, 0.3) is 6.08 Å². The maximum absolute atomic E-state index is 10.5. The Bertz CT molecular complexity index is 1250. The summed E-state index contributed by atoms with van der Waals surface area (Å²) in [6.07, 6.45) is 26.8. The predicted molar refractivity (Wildman–Crippen MR) is 185 cm³/mol. The smallest absolute Gasteiger partial charge is 0.207 e. The van der Waals surface area contributed by atoms with Gasteiger partial charge in [0.2, 0.25) is 11.5 Å². The third kappa shape index (κ3) is 11.8. The van der Waals surface area contributed by atoms with Crippen molar-refractivity contribution < 1.29 is 19.3 Å². The topological polar surface area (TPSA) is 47.9 Å². The van der Waals surface area contributed by atoms with Gasteiger partial charge in [-0.3, -0.25) is 0 Å². The Morgan fingerprint density at radius 1 is 0.721 bits per heavy atom. The molecule has 0 spiro atoms. The standard InChI is InChI=1S/C39H58O4/c1-28(2)16-11-17-29(3)18-12-19-30(4)20-13-21-31(5)22-14-23-32(6)24-15-26-39(8)27-25-34-33(7)35(40)37(41-9)38(42-10)36(34)43-39/h16,18,20,22,24-25,27,40H,11-15,17,19,21,23,26H2,1-10H3/b29-18+,30-20+,31-22+,32-24+. The molecule has 43 heavy (non-hydrogen) atoms. The van der Waals surface area contributed by atoms with E-state index in [0.29, 0.717) is 17.2 Å². The first-order chi connectivity index (χ1) is 20.4. The Kier molecular flexibility index (Phi) is 15.0. The summed E-state index contributed by atoms with van der Waals surface area (Å²) in [5, 5.41) is 10.5. The molecule has 0 fully saturated rings. The molecule has 1 unspecified atom stereocenters. The molecular formula is C39H58O4. The van der Waals surface area contributed by atoms with Crippen LogP contribution in [0.3, 0.4) is 0 Å². The minimum Gasteiger partial charge on any atom is -0.504 e. The Labute approximate surface area is 262 Å². The molecule has 0 saturated carbocycles. The number of phenolic OH excluding ortho intramolecular Hbond substituents is 1. The quantitative estimate of drug-likeness (QED) is 0.183. The van der Waals surface area contributed by atoms with Crippen LogP contribution in [-0.4, -0.2) is 24.9 Å². The molecule has 238 valence electrons. The molecule has 0 aliphatic carbocycles. The van der Waals surface area contributed by atoms with Crippen LogP contribution in [-0.2, 0) is 0 Å². The van der Waals surface area contributed by atoms with Gasteiger partial charge in [0.25, 0.3) is 0 Å². The number of ether oxygens (including phenoxy) is 3. The van der Waals surface area contributed by atoms with Gasteiger partial charge in [0.1, 0.15) is 5.60 Å². The number of phenols is 1. The molecular weight excluding hydrogens is 532 g/mol. The molecule has 2 rings (SSSR count). The molecule has 1 N–H and O–H groups in total. The van der Waals surface area contributed by atoms with Gasteiger partial charge in [-0.15, -0.1) is 0 Å². The number of aromatic hydroxyl groups is 1. The fraction of sp³-hybridized carbons (Fsp3) is 0.538. The minimum absolute atomic E-state index is 0.0873. The summed E-state index contributed by atoms with van der Waals surface area (Å²) in [5.74, 6) is 1.46. The SMILES string of the molecule is COc1c(O)c(C)c2c(c1OC)OC(C)(CC/C=C(\C)CC/C=C(\C)CC/C=C(\C)CC/C=C(\C)CCC=C(C)C)C=C2. The van der Waals surface area contributed by atoms with Crippen LogP contribution in [0, 0.1) is 6.92 Å². The van der Waals surface area contributed by atoms with E-state index in [2.05, 4.69) is 84.9 Å². The van der Waals surface area contributed by atoms with Crippen molar-refractivity contribution >= 4 is 6.08 Å². The normalized spacial score (nSPS) is 17.4. The van der Waals surface area contributed by atoms with Crippen molar-refractivity contribution in [2.45, 2.75) is 125 Å². The number of allylic oxidation sites excluding steroid dienone is 10. The molecule has 1 aliphatic rings. The number of benzene rings is 1. The zero-order valence-corrected chi connectivity index (χ0v) is 28.8. The van der Waals surface area contributed by atoms with Crippen molar-refractivity contribution in [1.82, 2.24) is 0 Å². The highest BCUT2D eigenvalue weighted by Gasteiger charge is 2.33. The lowest BCUT2D eigenvalue weighted by Gasteiger charge is -2.33. The minimum atomic E-state index is -0.464. The molecule has 0 aromatic heterocycles. The maximum Gasteiger partial charge on any atom is 0.207 e. The monoisotopic (exact) mass is 590 g/mol. The summed E-state index contributed by atoms with van der Waals surface area (Å²) in [6.45, 7) is 17.3. The number of hydrogen-bond acceptors (Lipinski definition) is 4. The van der Waals surface area contributed by atoms with E-state index in [9.17, 15) is 5.11 Å². The van der Waals surface area contributed by atoms with E-state index in [1.165, 1.54) is 41.4 Å². The fourth-order valence-corrected chi connectivity index (χ4v) is 5.38. The molecule has 1 aromatic carbocycles. The van der Waals surface area contributed by atoms with E-state index in [0.717, 1.165) is 68.9 Å². The van der Waals surface area contributed by atoms with Gasteiger partial charge in [0.15, 0.2) is 11.5 Å². The summed E-state index contributed by atoms with van der Waals surface area (Å²) >= 11 is 0. The third-order valence-electron chi connectivity index (χ3n) is 8.30. The van der Waals surface area contributed by atoms with Gasteiger partial charge in [0.05, 0.1) is 14.2 Å². The molecule has 4 heteroatoms. The lowest BCUT2D eigenvalue weighted by Crippen LogP contribution is -2.32. The van der Waals surface area contributed by atoms with Crippen LogP contribution in [0.15, 0.2) is 64.3 Å². The van der Waals surface area contributed by atoms with E-state index < -0.39 is 5.60 Å². The first-order valence-electron chi connectivity index (χ1n) is 16.0. The first kappa shape index (κ1) is 36.1. The summed E-state index contributed by atoms with van der Waals surface area (Å²) < 4.78 is 17.5. The molecule has 0 bridgehead atoms. The molecule has 1 aliphatic heterocycles. The Morgan fingerprint density at radius 3 is 1.60 bits per heavy atom. The van der Waals surface area contributed by atoms with Crippen molar-refractivity contribution in [3.8, 4) is 23.0 Å². The van der Waals surface area contributed by atoms with Crippen molar-refractivity contribution in [3.05, 3.63) is 75.4 Å². The molecule has 4 nitrogen and oxygen atoms in total. The van der Waals surface area contributed by atoms with E-state index in [1.807, 2.05) is 13.0 Å². The van der Waals surface area contributed by atoms with Gasteiger partial charge in [-0.05, 0) is 126 Å². The lowest BCUT2D eigenvalue weighted by molar-refractivity contribution is 0.122. The Hall–Kier alpha value is -3.14. The lowest BCUT2D eigenvalue weighted by atomic mass is 9.92. The Balaban J connectivity index is 1.77. The first-order valence-corrected chi connectivity index (χ1v) is 16.0. The zero-order chi connectivity index (χ0) is 32.0. The van der Waals surface area contributed by atoms with E-state index >= 15 is 0 Å². The molecule has 1 aromatic rings. The van der Waals surface area contributed by atoms with Crippen molar-refractivity contribution in [1.29, 1.82) is 0 Å². The maximum atomic E-state index is 10.5. The van der Waals surface area contributed by atoms with Gasteiger partial charge in [-0.2, -0.15) is 0 Å². The van der Waals surface area contributed by atoms with E-state index in [4.69, 9.17) is 14.2 Å². The molecule has 1 atom stereocenters. The molecule has 1 heterocycles. The second kappa shape index (κ2) is 17.9. The van der Waals surface area contributed by atoms with E-state index in [1.54, 1.807) is 7.11 Å². The van der Waals surface area contributed by atoms with Gasteiger partial charge < -0.3 is 19.3 Å². The number of methoxy groups -OCH3 is 2. The van der Waals surface area contributed by atoms with Crippen molar-refractivity contribution in [2.75, 3.05) is 14.2 Å². The summed E-state index contributed by atoms with van der Waals surface area (Å²) in [6, 6.07) is 0. The van der Waals surface area contributed by atoms with Gasteiger partial charge >= 0.3 is 0 Å². The van der Waals surface area contributed by atoms with Crippen LogP contribution >= 0.6 is 0 Å². The molecule has 0 amide bonds. The van der Waals surface area contributed by atoms with E-state index in [-0.39, 0.29) is 5.75 Å². The summed E-state index contributed by atoms with van der Waals surface area (Å²) in [5.41, 5.74) is 8.39. The van der Waals surface area contributed by atoms with Gasteiger partial charge in [-0.1, -0.05) is 64.3 Å². The largest absolute Gasteiger partial charge is 0.504 e. The van der Waals surface area contributed by atoms with Crippen LogP contribution in [0.4, 0.5) is 0 Å². The molecule has 0 saturated heterocycles. The summed E-state index contributed by atoms with van der Waals surface area (Å²) in [7, 11) is 3.10. The Morgan fingerprint density at radius 2 is 1.16 bits per heavy atom. The number of rotatable bonds is 17. The average molecular weight is 591 g/mol. The van der Waals surface area contributed by atoms with Crippen LogP contribution in [0.1, 0.15) is 124 Å². The predicted octanol–water partition coefficient (Wildman–Crippen LogP) is 11.5. The highest BCUT2D eigenvalue weighted by Crippen LogP contribution is 2.52. The average Bonchev–Trinajstić information content (AvgIpc) is 2.94. The second-order valence-electron chi connectivity index (χ2n) is 12.7. The highest BCUT2D eigenvalue weighted by molar-refractivity contribution is 5.76. The number of fused-ring (bicyclic) bond motifs is 1. The number of hydrogen-bond donors (Lipinski definition) is 1. The van der Waals surface area contributed by atoms with Crippen LogP contribution in [0.2, 0.25) is 0 Å². The second-order valence-corrected chi connectivity index (χ2v) is 12.7. The third-order valence-corrected chi connectivity index (χ3v) is 8.30. The fourth-order valence-electron chi connectivity index (χ4n) is 5.38. The van der Waals surface area contributed by atoms with Crippen molar-refractivity contribution in [2.24, 2.45) is 0 Å². The highest BCUT2D eigenvalue weighted by atomic mass is 16.5. The van der Waals surface area contributed by atoms with Gasteiger partial charge in [-0.25, -0.2) is 0 Å². The van der Waals surface area contributed by atoms with Crippen molar-refractivity contribution in [3.63, 3.8) is 0 Å².